The summed E-state index contributed by atoms with van der Waals surface area (Å²) in [7, 11) is 0. The molecular weight excluding hydrogens is 169 g/mol. The van der Waals surface area contributed by atoms with Gasteiger partial charge in [0, 0.05) is 12.2 Å². The van der Waals surface area contributed by atoms with Crippen LogP contribution in [0.1, 0.15) is 12.5 Å². The summed E-state index contributed by atoms with van der Waals surface area (Å²) in [5.41, 5.74) is 1.44. The van der Waals surface area contributed by atoms with Gasteiger partial charge in [-0.2, -0.15) is 0 Å². The molecule has 0 aliphatic rings. The van der Waals surface area contributed by atoms with Crippen molar-refractivity contribution < 1.29 is 9.50 Å². The van der Waals surface area contributed by atoms with E-state index >= 15 is 0 Å². The molecule has 0 heterocycles. The Morgan fingerprint density at radius 1 is 1.54 bits per heavy atom. The maximum Gasteiger partial charge on any atom is 0.126 e. The number of hydrogen-bond donors (Lipinski definition) is 2. The third kappa shape index (κ3) is 3.03. The molecule has 0 aliphatic heterocycles. The third-order valence-corrected chi connectivity index (χ3v) is 1.76. The SMILES string of the molecule is Cc1cc(NC[C@H](C)O)ccc1F. The van der Waals surface area contributed by atoms with Crippen LogP contribution in [0.5, 0.6) is 0 Å². The van der Waals surface area contributed by atoms with Crippen LogP contribution in [0.25, 0.3) is 0 Å². The van der Waals surface area contributed by atoms with E-state index in [1.807, 2.05) is 0 Å². The Bertz CT molecular complexity index is 286. The lowest BCUT2D eigenvalue weighted by atomic mass is 10.2. The third-order valence-electron chi connectivity index (χ3n) is 1.76. The molecule has 0 fully saturated rings. The molecule has 0 amide bonds. The van der Waals surface area contributed by atoms with Crippen LogP contribution < -0.4 is 5.32 Å². The molecule has 3 heteroatoms. The highest BCUT2D eigenvalue weighted by atomic mass is 19.1. The van der Waals surface area contributed by atoms with Gasteiger partial charge in [-0.3, -0.25) is 0 Å². The van der Waals surface area contributed by atoms with Crippen LogP contribution in [-0.2, 0) is 0 Å². The highest BCUT2D eigenvalue weighted by Crippen LogP contribution is 2.13. The Hall–Kier alpha value is -1.09. The number of aliphatic hydroxyl groups is 1. The summed E-state index contributed by atoms with van der Waals surface area (Å²) in [4.78, 5) is 0. The molecule has 0 spiro atoms. The van der Waals surface area contributed by atoms with E-state index in [1.54, 1.807) is 26.0 Å². The molecule has 0 unspecified atom stereocenters. The fraction of sp³-hybridized carbons (Fsp3) is 0.400. The average Bonchev–Trinajstić information content (AvgIpc) is 2.07. The van der Waals surface area contributed by atoms with Crippen LogP contribution in [0.4, 0.5) is 10.1 Å². The van der Waals surface area contributed by atoms with E-state index in [9.17, 15) is 4.39 Å². The van der Waals surface area contributed by atoms with Crippen molar-refractivity contribution in [2.45, 2.75) is 20.0 Å². The Morgan fingerprint density at radius 2 is 2.23 bits per heavy atom. The lowest BCUT2D eigenvalue weighted by Crippen LogP contribution is -2.15. The van der Waals surface area contributed by atoms with Crippen molar-refractivity contribution in [3.63, 3.8) is 0 Å². The van der Waals surface area contributed by atoms with Gasteiger partial charge < -0.3 is 10.4 Å². The number of aliphatic hydroxyl groups excluding tert-OH is 1. The van der Waals surface area contributed by atoms with E-state index in [0.29, 0.717) is 12.1 Å². The predicted octanol–water partition coefficient (Wildman–Crippen LogP) is 1.93. The molecule has 0 aliphatic carbocycles. The van der Waals surface area contributed by atoms with Crippen LogP contribution in [0.15, 0.2) is 18.2 Å². The first-order valence-corrected chi connectivity index (χ1v) is 4.27. The van der Waals surface area contributed by atoms with Crippen molar-refractivity contribution in [2.75, 3.05) is 11.9 Å². The second-order valence-electron chi connectivity index (χ2n) is 3.19. The number of anilines is 1. The summed E-state index contributed by atoms with van der Waals surface area (Å²) in [6, 6.07) is 4.79. The normalized spacial score (nSPS) is 12.6. The molecule has 0 aromatic heterocycles. The molecule has 72 valence electrons. The Morgan fingerprint density at radius 3 is 2.77 bits per heavy atom. The van der Waals surface area contributed by atoms with Crippen LogP contribution in [0.2, 0.25) is 0 Å². The second kappa shape index (κ2) is 4.23. The minimum absolute atomic E-state index is 0.206. The van der Waals surface area contributed by atoms with Crippen LogP contribution in [0, 0.1) is 12.7 Å². The van der Waals surface area contributed by atoms with E-state index in [0.717, 1.165) is 5.69 Å². The van der Waals surface area contributed by atoms with E-state index in [-0.39, 0.29) is 5.82 Å². The second-order valence-corrected chi connectivity index (χ2v) is 3.19. The van der Waals surface area contributed by atoms with Crippen molar-refractivity contribution in [3.8, 4) is 0 Å². The zero-order valence-electron chi connectivity index (χ0n) is 7.84. The fourth-order valence-electron chi connectivity index (χ4n) is 1.02. The van der Waals surface area contributed by atoms with E-state index < -0.39 is 6.10 Å². The van der Waals surface area contributed by atoms with Gasteiger partial charge in [0.05, 0.1) is 6.10 Å². The zero-order valence-corrected chi connectivity index (χ0v) is 7.84. The summed E-state index contributed by atoms with van der Waals surface area (Å²) in [6.45, 7) is 3.89. The number of hydrogen-bond acceptors (Lipinski definition) is 2. The quantitative estimate of drug-likeness (QED) is 0.750. The summed E-state index contributed by atoms with van der Waals surface area (Å²) in [5.74, 6) is -0.206. The molecule has 13 heavy (non-hydrogen) atoms. The average molecular weight is 183 g/mol. The van der Waals surface area contributed by atoms with Gasteiger partial charge in [0.25, 0.3) is 0 Å². The first-order valence-electron chi connectivity index (χ1n) is 4.27. The number of rotatable bonds is 3. The van der Waals surface area contributed by atoms with Crippen molar-refractivity contribution >= 4 is 5.69 Å². The molecule has 0 bridgehead atoms. The Labute approximate surface area is 77.4 Å². The van der Waals surface area contributed by atoms with Crippen LogP contribution >= 0.6 is 0 Å². The van der Waals surface area contributed by atoms with E-state index in [4.69, 9.17) is 5.11 Å². The number of benzene rings is 1. The van der Waals surface area contributed by atoms with Gasteiger partial charge in [0.1, 0.15) is 5.82 Å². The number of aryl methyl sites for hydroxylation is 1. The summed E-state index contributed by atoms with van der Waals surface area (Å²) >= 11 is 0. The van der Waals surface area contributed by atoms with Crippen molar-refractivity contribution in [1.29, 1.82) is 0 Å². The minimum Gasteiger partial charge on any atom is -0.392 e. The summed E-state index contributed by atoms with van der Waals surface area (Å²) in [5, 5.41) is 12.0. The van der Waals surface area contributed by atoms with Gasteiger partial charge in [-0.25, -0.2) is 4.39 Å². The molecule has 0 radical (unpaired) electrons. The minimum atomic E-state index is -0.398. The van der Waals surface area contributed by atoms with Crippen molar-refractivity contribution in [3.05, 3.63) is 29.6 Å². The predicted molar refractivity (Wildman–Crippen MR) is 51.3 cm³/mol. The molecule has 2 nitrogen and oxygen atoms in total. The summed E-state index contributed by atoms with van der Waals surface area (Å²) in [6.07, 6.45) is -0.398. The van der Waals surface area contributed by atoms with Gasteiger partial charge in [-0.05, 0) is 37.6 Å². The number of nitrogens with one attached hydrogen (secondary N) is 1. The van der Waals surface area contributed by atoms with Gasteiger partial charge in [-0.1, -0.05) is 0 Å². The first-order chi connectivity index (χ1) is 6.09. The molecule has 2 N–H and O–H groups in total. The standard InChI is InChI=1S/C10H14FNO/c1-7-5-9(3-4-10(7)11)12-6-8(2)13/h3-5,8,12-13H,6H2,1-2H3/t8-/m0/s1. The molecule has 0 saturated carbocycles. The fourth-order valence-corrected chi connectivity index (χ4v) is 1.02. The molecule has 1 aromatic rings. The lowest BCUT2D eigenvalue weighted by molar-refractivity contribution is 0.208. The number of halogens is 1. The smallest absolute Gasteiger partial charge is 0.126 e. The van der Waals surface area contributed by atoms with Crippen LogP contribution in [0.3, 0.4) is 0 Å². The van der Waals surface area contributed by atoms with Crippen LogP contribution in [-0.4, -0.2) is 17.8 Å². The molecular formula is C10H14FNO. The highest BCUT2D eigenvalue weighted by Gasteiger charge is 1.99. The van der Waals surface area contributed by atoms with Crippen molar-refractivity contribution in [2.24, 2.45) is 0 Å². The van der Waals surface area contributed by atoms with E-state index in [2.05, 4.69) is 5.32 Å². The molecule has 0 saturated heterocycles. The van der Waals surface area contributed by atoms with Gasteiger partial charge >= 0.3 is 0 Å². The maximum absolute atomic E-state index is 12.8. The van der Waals surface area contributed by atoms with Gasteiger partial charge in [0.15, 0.2) is 0 Å². The van der Waals surface area contributed by atoms with E-state index in [1.165, 1.54) is 6.07 Å². The largest absolute Gasteiger partial charge is 0.392 e. The molecule has 1 atom stereocenters. The maximum atomic E-state index is 12.8. The van der Waals surface area contributed by atoms with Gasteiger partial charge in [0.2, 0.25) is 0 Å². The highest BCUT2D eigenvalue weighted by molar-refractivity contribution is 5.45. The lowest BCUT2D eigenvalue weighted by Gasteiger charge is -2.08. The topological polar surface area (TPSA) is 32.3 Å². The summed E-state index contributed by atoms with van der Waals surface area (Å²) < 4.78 is 12.8. The van der Waals surface area contributed by atoms with Crippen molar-refractivity contribution in [1.82, 2.24) is 0 Å². The zero-order chi connectivity index (χ0) is 9.84. The Kier molecular flexibility index (Phi) is 3.25. The molecule has 1 aromatic carbocycles. The monoisotopic (exact) mass is 183 g/mol. The molecule has 1 rings (SSSR count). The Balaban J connectivity index is 2.63. The van der Waals surface area contributed by atoms with Gasteiger partial charge in [-0.15, -0.1) is 0 Å². The first kappa shape index (κ1) is 9.99.